The number of fused-ring (bicyclic) bond motifs is 1. The van der Waals surface area contributed by atoms with Crippen LogP contribution < -0.4 is 4.80 Å². The first-order valence-corrected chi connectivity index (χ1v) is 7.62. The topological polar surface area (TPSA) is 34.4 Å². The van der Waals surface area contributed by atoms with Gasteiger partial charge in [-0.05, 0) is 17.7 Å². The molecule has 6 heteroatoms. The maximum atomic E-state index is 13.8. The summed E-state index contributed by atoms with van der Waals surface area (Å²) in [5.41, 5.74) is 1.11. The van der Waals surface area contributed by atoms with Crippen LogP contribution in [0.2, 0.25) is 0 Å². The third kappa shape index (κ3) is 3.27. The molecule has 0 unspecified atom stereocenters. The summed E-state index contributed by atoms with van der Waals surface area (Å²) in [4.78, 5) is 16.2. The van der Waals surface area contributed by atoms with Gasteiger partial charge in [-0.2, -0.15) is 4.99 Å². The Morgan fingerprint density at radius 3 is 2.70 bits per heavy atom. The van der Waals surface area contributed by atoms with E-state index in [4.69, 9.17) is 0 Å². The first kappa shape index (κ1) is 15.3. The molecule has 3 nitrogen and oxygen atoms in total. The van der Waals surface area contributed by atoms with Crippen LogP contribution in [0, 0.1) is 11.6 Å². The molecule has 1 aromatic heterocycles. The predicted octanol–water partition coefficient (Wildman–Crippen LogP) is 3.66. The second-order valence-corrected chi connectivity index (χ2v) is 5.88. The van der Waals surface area contributed by atoms with Gasteiger partial charge in [0.1, 0.15) is 5.82 Å². The van der Waals surface area contributed by atoms with Crippen LogP contribution in [0.25, 0.3) is 16.3 Å². The van der Waals surface area contributed by atoms with Crippen molar-refractivity contribution in [2.45, 2.75) is 0 Å². The SMILES string of the molecule is Cn1c(=NC(=O)C=Cc2ccccc2)sc2cc(F)cc(F)c21. The van der Waals surface area contributed by atoms with Crippen LogP contribution in [0.1, 0.15) is 5.56 Å². The molecular weight excluding hydrogens is 318 g/mol. The van der Waals surface area contributed by atoms with Crippen molar-refractivity contribution < 1.29 is 13.6 Å². The zero-order valence-corrected chi connectivity index (χ0v) is 13.0. The molecule has 116 valence electrons. The molecule has 0 aliphatic rings. The molecule has 3 rings (SSSR count). The van der Waals surface area contributed by atoms with E-state index in [1.807, 2.05) is 30.3 Å². The van der Waals surface area contributed by atoms with E-state index in [1.165, 1.54) is 16.7 Å². The van der Waals surface area contributed by atoms with E-state index in [2.05, 4.69) is 4.99 Å². The minimum absolute atomic E-state index is 0.231. The Kier molecular flexibility index (Phi) is 4.16. The molecule has 0 spiro atoms. The molecule has 0 saturated heterocycles. The Hall–Kier alpha value is -2.60. The summed E-state index contributed by atoms with van der Waals surface area (Å²) in [6.45, 7) is 0. The van der Waals surface area contributed by atoms with Gasteiger partial charge in [-0.1, -0.05) is 41.7 Å². The molecule has 2 aromatic carbocycles. The van der Waals surface area contributed by atoms with E-state index in [1.54, 1.807) is 13.1 Å². The van der Waals surface area contributed by atoms with Crippen molar-refractivity contribution in [3.8, 4) is 0 Å². The molecule has 0 saturated carbocycles. The lowest BCUT2D eigenvalue weighted by Gasteiger charge is -1.97. The first-order chi connectivity index (χ1) is 11.0. The van der Waals surface area contributed by atoms with Crippen LogP contribution >= 0.6 is 11.3 Å². The zero-order chi connectivity index (χ0) is 16.4. The highest BCUT2D eigenvalue weighted by atomic mass is 32.1. The maximum Gasteiger partial charge on any atom is 0.272 e. The van der Waals surface area contributed by atoms with Crippen LogP contribution in [0.5, 0.6) is 0 Å². The number of hydrogen-bond acceptors (Lipinski definition) is 2. The number of amides is 1. The number of carbonyl (C=O) groups is 1. The molecule has 23 heavy (non-hydrogen) atoms. The minimum atomic E-state index is -0.674. The van der Waals surface area contributed by atoms with Gasteiger partial charge in [0, 0.05) is 19.2 Å². The number of thiazole rings is 1. The largest absolute Gasteiger partial charge is 0.317 e. The highest BCUT2D eigenvalue weighted by Gasteiger charge is 2.10. The summed E-state index contributed by atoms with van der Waals surface area (Å²) in [7, 11) is 1.59. The fourth-order valence-electron chi connectivity index (χ4n) is 2.17. The first-order valence-electron chi connectivity index (χ1n) is 6.81. The van der Waals surface area contributed by atoms with Gasteiger partial charge < -0.3 is 4.57 Å². The fourth-order valence-corrected chi connectivity index (χ4v) is 3.23. The maximum absolute atomic E-state index is 13.8. The van der Waals surface area contributed by atoms with Crippen molar-refractivity contribution in [1.29, 1.82) is 0 Å². The summed E-state index contributed by atoms with van der Waals surface area (Å²) in [5.74, 6) is -1.79. The van der Waals surface area contributed by atoms with E-state index >= 15 is 0 Å². The molecule has 0 radical (unpaired) electrons. The van der Waals surface area contributed by atoms with E-state index in [0.29, 0.717) is 9.50 Å². The van der Waals surface area contributed by atoms with Crippen LogP contribution in [0.3, 0.4) is 0 Å². The Balaban J connectivity index is 1.98. The van der Waals surface area contributed by atoms with E-state index in [-0.39, 0.29) is 5.52 Å². The Morgan fingerprint density at radius 2 is 1.96 bits per heavy atom. The monoisotopic (exact) mass is 330 g/mol. The van der Waals surface area contributed by atoms with E-state index in [0.717, 1.165) is 23.0 Å². The average molecular weight is 330 g/mol. The molecule has 3 aromatic rings. The van der Waals surface area contributed by atoms with Crippen molar-refractivity contribution >= 4 is 33.5 Å². The molecule has 0 bridgehead atoms. The van der Waals surface area contributed by atoms with Crippen LogP contribution in [0.4, 0.5) is 8.78 Å². The molecule has 0 fully saturated rings. The molecule has 0 atom stereocenters. The molecule has 0 aliphatic carbocycles. The summed E-state index contributed by atoms with van der Waals surface area (Å²) in [5, 5.41) is 0. The second kappa shape index (κ2) is 6.26. The number of carbonyl (C=O) groups excluding carboxylic acids is 1. The van der Waals surface area contributed by atoms with Crippen LogP contribution in [-0.2, 0) is 11.8 Å². The molecule has 0 N–H and O–H groups in total. The normalized spacial score (nSPS) is 12.4. The number of rotatable bonds is 2. The summed E-state index contributed by atoms with van der Waals surface area (Å²) in [6.07, 6.45) is 3.00. The third-order valence-corrected chi connectivity index (χ3v) is 4.32. The molecular formula is C17H12F2N2OS. The van der Waals surface area contributed by atoms with Gasteiger partial charge in [0.25, 0.3) is 5.91 Å². The predicted molar refractivity (Wildman–Crippen MR) is 86.8 cm³/mol. The smallest absolute Gasteiger partial charge is 0.272 e. The molecule has 1 amide bonds. The Morgan fingerprint density at radius 1 is 1.22 bits per heavy atom. The van der Waals surface area contributed by atoms with Gasteiger partial charge in [0.2, 0.25) is 0 Å². The van der Waals surface area contributed by atoms with Crippen molar-refractivity contribution in [3.05, 3.63) is 70.5 Å². The summed E-state index contributed by atoms with van der Waals surface area (Å²) < 4.78 is 28.9. The van der Waals surface area contributed by atoms with Crippen molar-refractivity contribution in [1.82, 2.24) is 4.57 Å². The number of aromatic nitrogens is 1. The number of aryl methyl sites for hydroxylation is 1. The minimum Gasteiger partial charge on any atom is -0.317 e. The van der Waals surface area contributed by atoms with Crippen LogP contribution in [0.15, 0.2) is 53.5 Å². The average Bonchev–Trinajstić information content (AvgIpc) is 2.82. The highest BCUT2D eigenvalue weighted by Crippen LogP contribution is 2.21. The Bertz CT molecular complexity index is 971. The van der Waals surface area contributed by atoms with Crippen molar-refractivity contribution in [3.63, 3.8) is 0 Å². The summed E-state index contributed by atoms with van der Waals surface area (Å²) >= 11 is 1.06. The number of benzene rings is 2. The number of hydrogen-bond donors (Lipinski definition) is 0. The van der Waals surface area contributed by atoms with Crippen molar-refractivity contribution in [2.75, 3.05) is 0 Å². The molecule has 0 aliphatic heterocycles. The van der Waals surface area contributed by atoms with E-state index in [9.17, 15) is 13.6 Å². The lowest BCUT2D eigenvalue weighted by atomic mass is 10.2. The van der Waals surface area contributed by atoms with Gasteiger partial charge in [0.15, 0.2) is 10.6 Å². The quantitative estimate of drug-likeness (QED) is 0.660. The van der Waals surface area contributed by atoms with E-state index < -0.39 is 17.5 Å². The number of nitrogens with zero attached hydrogens (tertiary/aromatic N) is 2. The van der Waals surface area contributed by atoms with Gasteiger partial charge >= 0.3 is 0 Å². The Labute approximate surface area is 134 Å². The summed E-state index contributed by atoms with van der Waals surface area (Å²) in [6, 6.07) is 11.4. The zero-order valence-electron chi connectivity index (χ0n) is 12.2. The lowest BCUT2D eigenvalue weighted by Crippen LogP contribution is -2.12. The highest BCUT2D eigenvalue weighted by molar-refractivity contribution is 7.16. The fraction of sp³-hybridized carbons (Fsp3) is 0.0588. The van der Waals surface area contributed by atoms with Gasteiger partial charge in [-0.25, -0.2) is 8.78 Å². The third-order valence-electron chi connectivity index (χ3n) is 3.24. The number of halogens is 2. The van der Waals surface area contributed by atoms with Gasteiger partial charge in [0.05, 0.1) is 10.2 Å². The molecule has 1 heterocycles. The van der Waals surface area contributed by atoms with Gasteiger partial charge in [-0.3, -0.25) is 4.79 Å². The van der Waals surface area contributed by atoms with Crippen molar-refractivity contribution in [2.24, 2.45) is 12.0 Å². The lowest BCUT2D eigenvalue weighted by molar-refractivity contribution is -0.113. The van der Waals surface area contributed by atoms with Gasteiger partial charge in [-0.15, -0.1) is 0 Å². The standard InChI is InChI=1S/C17H12F2N2OS/c1-21-16-13(19)9-12(18)10-14(16)23-17(21)20-15(22)8-7-11-5-3-2-4-6-11/h2-10H,1H3. The second-order valence-electron chi connectivity index (χ2n) is 4.87. The van der Waals surface area contributed by atoms with Crippen LogP contribution in [-0.4, -0.2) is 10.5 Å².